The first-order valence-electron chi connectivity index (χ1n) is 14.0. The third-order valence-electron chi connectivity index (χ3n) is 6.13. The van der Waals surface area contributed by atoms with E-state index in [0.29, 0.717) is 0 Å². The second-order valence-electron chi connectivity index (χ2n) is 9.78. The molecule has 0 aliphatic carbocycles. The van der Waals surface area contributed by atoms with Crippen LogP contribution in [0.5, 0.6) is 0 Å². The lowest BCUT2D eigenvalue weighted by Gasteiger charge is -2.38. The van der Waals surface area contributed by atoms with Crippen molar-refractivity contribution in [1.29, 1.82) is 1.43 Å². The second kappa shape index (κ2) is 15.5. The van der Waals surface area contributed by atoms with Crippen molar-refractivity contribution in [2.45, 2.75) is 84.4 Å². The van der Waals surface area contributed by atoms with Crippen molar-refractivity contribution in [3.05, 3.63) is 44.5 Å². The van der Waals surface area contributed by atoms with Crippen molar-refractivity contribution >= 4 is 35.8 Å². The highest BCUT2D eigenvalue weighted by atomic mass is 32.2. The molecule has 0 saturated carbocycles. The van der Waals surface area contributed by atoms with E-state index in [1.165, 1.54) is 13.3 Å². The molecule has 14 nitrogen and oxygen atoms in total. The Hall–Kier alpha value is -1.96. The van der Waals surface area contributed by atoms with Crippen LogP contribution in [0.25, 0.3) is 4.85 Å². The highest BCUT2D eigenvalue weighted by Gasteiger charge is 2.50. The zero-order chi connectivity index (χ0) is 32.5. The third-order valence-corrected chi connectivity index (χ3v) is 10.3. The Morgan fingerprint density at radius 2 is 1.93 bits per heavy atom. The van der Waals surface area contributed by atoms with Gasteiger partial charge in [-0.15, -0.1) is 0 Å². The van der Waals surface area contributed by atoms with Crippen LogP contribution in [0.4, 0.5) is 0 Å². The molecule has 0 amide bonds. The molecule has 232 valence electrons. The number of rotatable bonds is 9. The highest BCUT2D eigenvalue weighted by Crippen LogP contribution is 2.51. The van der Waals surface area contributed by atoms with Crippen molar-refractivity contribution < 1.29 is 33.4 Å². The third kappa shape index (κ3) is 9.26. The Morgan fingerprint density at radius 1 is 1.32 bits per heavy atom. The largest absolute Gasteiger partial charge is 0.460 e. The summed E-state index contributed by atoms with van der Waals surface area (Å²) in [5.74, 6) is -0.164. The van der Waals surface area contributed by atoms with Gasteiger partial charge in [0, 0.05) is 52.8 Å². The maximum atomic E-state index is 12.7. The van der Waals surface area contributed by atoms with E-state index in [2.05, 4.69) is 14.9 Å². The lowest BCUT2D eigenvalue weighted by atomic mass is 10.1. The summed E-state index contributed by atoms with van der Waals surface area (Å²) in [6.07, 6.45) is -3.65. The van der Waals surface area contributed by atoms with Crippen LogP contribution in [0, 0.1) is 6.57 Å². The van der Waals surface area contributed by atoms with E-state index in [4.69, 9.17) is 40.1 Å². The van der Waals surface area contributed by atoms with E-state index >= 15 is 0 Å². The molecule has 2 N–H and O–H groups in total. The molecule has 0 bridgehead atoms. The van der Waals surface area contributed by atoms with Crippen LogP contribution in [-0.4, -0.2) is 108 Å². The fraction of sp³-hybridized carbons (Fsp3) is 0.750. The number of H-pyrrole nitrogens is 1. The molecular formula is C24H40N5O9PS2. The second-order valence-corrected chi connectivity index (χ2v) is 13.8. The Morgan fingerprint density at radius 3 is 2.44 bits per heavy atom. The van der Waals surface area contributed by atoms with Gasteiger partial charge < -0.3 is 24.0 Å². The fourth-order valence-electron chi connectivity index (χ4n) is 4.26. The monoisotopic (exact) mass is 640 g/mol. The van der Waals surface area contributed by atoms with Gasteiger partial charge in [-0.2, -0.15) is 0 Å². The van der Waals surface area contributed by atoms with Gasteiger partial charge in [0.1, 0.15) is 6.10 Å². The zero-order valence-corrected chi connectivity index (χ0v) is 26.5. The summed E-state index contributed by atoms with van der Waals surface area (Å²) in [6.45, 7) is 16.9. The predicted molar refractivity (Wildman–Crippen MR) is 158 cm³/mol. The number of nitrogens with zero attached hydrogens (tertiary/aromatic N) is 4. The number of aliphatic hydroxyl groups is 1. The normalized spacial score (nSPS) is 26.0. The first-order valence-corrected chi connectivity index (χ1v) is 16.3. The molecular weight excluding hydrogens is 597 g/mol. The summed E-state index contributed by atoms with van der Waals surface area (Å²) in [5.41, 5.74) is -1.35. The van der Waals surface area contributed by atoms with Crippen LogP contribution in [0.3, 0.4) is 0 Å². The molecule has 3 heterocycles. The maximum absolute atomic E-state index is 12.7. The predicted octanol–water partition coefficient (Wildman–Crippen LogP) is 1.48. The van der Waals surface area contributed by atoms with Crippen LogP contribution in [-0.2, 0) is 28.4 Å². The number of ether oxygens (including phenoxy) is 2. The summed E-state index contributed by atoms with van der Waals surface area (Å²) >= 11 is 5.54. The summed E-state index contributed by atoms with van der Waals surface area (Å²) in [4.78, 5) is 31.7. The smallest absolute Gasteiger partial charge is 0.330 e. The topological polar surface area (TPSA) is 157 Å². The molecule has 17 heteroatoms. The molecule has 3 unspecified atom stereocenters. The fourth-order valence-corrected chi connectivity index (χ4v) is 7.55. The Bertz CT molecular complexity index is 1300. The molecule has 2 aliphatic rings. The summed E-state index contributed by atoms with van der Waals surface area (Å²) < 4.78 is 65.7. The minimum absolute atomic E-state index is 0.00504. The summed E-state index contributed by atoms with van der Waals surface area (Å²) in [7, 11) is -3.76. The number of sulfone groups is 1. The molecule has 0 radical (unpaired) electrons. The van der Waals surface area contributed by atoms with Gasteiger partial charge in [0.05, 0.1) is 17.6 Å². The lowest BCUT2D eigenvalue weighted by molar-refractivity contribution is -0.0335. The maximum Gasteiger partial charge on any atom is 0.330 e. The van der Waals surface area contributed by atoms with Gasteiger partial charge in [-0.05, 0) is 46.8 Å². The van der Waals surface area contributed by atoms with E-state index in [1.807, 2.05) is 32.4 Å². The Balaban J connectivity index is 0.00000206. The van der Waals surface area contributed by atoms with Gasteiger partial charge in [-0.3, -0.25) is 19.2 Å². The van der Waals surface area contributed by atoms with Crippen LogP contribution >= 0.6 is 20.7 Å². The van der Waals surface area contributed by atoms with Crippen molar-refractivity contribution in [2.75, 3.05) is 31.7 Å². The van der Waals surface area contributed by atoms with Crippen molar-refractivity contribution in [3.63, 3.8) is 0 Å². The molecule has 2 aliphatic heterocycles. The van der Waals surface area contributed by atoms with Gasteiger partial charge in [-0.1, -0.05) is 0 Å². The lowest BCUT2D eigenvalue weighted by Crippen LogP contribution is -2.48. The molecule has 1 aromatic rings. The van der Waals surface area contributed by atoms with Gasteiger partial charge >= 0.3 is 11.9 Å². The molecule has 2 fully saturated rings. The molecule has 0 spiro atoms. The van der Waals surface area contributed by atoms with Crippen molar-refractivity contribution in [2.24, 2.45) is 0 Å². The van der Waals surface area contributed by atoms with Gasteiger partial charge in [0.15, 0.2) is 22.2 Å². The number of aromatic amines is 1. The first kappa shape index (κ1) is 32.0. The molecule has 6 atom stereocenters. The standard InChI is InChI=1S/C23H36N5O8PS2.CH4O/c1-14(2)28(15(3)4)37(35-17(6)24-7)36-19-16(5)33-21(27-9-8-18(29)25-22(27)30)20(19)34-23(38)26-10-12-39(31,32)13-11-26;1-2/h8-9,14-17,19-21H,10-13H2,1-6H3,(H,25,29,30);2H,1H3/t16-,17?,19?,20+,21-,37?;/m1./s1/i5D;2T. The number of nitrogens with one attached hydrogen (secondary N) is 1. The van der Waals surface area contributed by atoms with Crippen LogP contribution < -0.4 is 11.2 Å². The van der Waals surface area contributed by atoms with Crippen LogP contribution in [0.15, 0.2) is 21.9 Å². The highest BCUT2D eigenvalue weighted by molar-refractivity contribution is 7.91. The van der Waals surface area contributed by atoms with E-state index < -0.39 is 60.4 Å². The minimum atomic E-state index is -3.17. The van der Waals surface area contributed by atoms with E-state index in [0.717, 1.165) is 10.6 Å². The van der Waals surface area contributed by atoms with Crippen molar-refractivity contribution in [3.8, 4) is 0 Å². The number of hydrogen-bond acceptors (Lipinski definition) is 11. The molecule has 3 rings (SSSR count). The summed E-state index contributed by atoms with van der Waals surface area (Å²) in [5, 5.41) is 3.49. The Labute approximate surface area is 250 Å². The average Bonchev–Trinajstić information content (AvgIpc) is 3.24. The quantitative estimate of drug-likeness (QED) is 0.228. The van der Waals surface area contributed by atoms with Gasteiger partial charge in [-0.25, -0.2) is 29.0 Å². The van der Waals surface area contributed by atoms with E-state index in [9.17, 15) is 18.0 Å². The molecule has 2 saturated heterocycles. The van der Waals surface area contributed by atoms with E-state index in [1.54, 1.807) is 11.8 Å². The average molecular weight is 641 g/mol. The van der Waals surface area contributed by atoms with Crippen LogP contribution in [0.2, 0.25) is 0 Å². The SMILES string of the molecule is [2H]C[C@H]1O[C@@H](n2ccc(=O)[nH]c2=O)[C@@H](OC(=S)N2CCS(=O)(=O)CC2)C1OP(OC(C)[N+]#[C-])N(C(C)C)C(C)C.[3H]OC. The first-order chi connectivity index (χ1) is 20.2. The zero-order valence-electron chi connectivity index (χ0n) is 26.0. The number of aromatic nitrogens is 2. The van der Waals surface area contributed by atoms with E-state index in [-0.39, 0.29) is 48.8 Å². The molecule has 41 heavy (non-hydrogen) atoms. The molecule has 0 aromatic carbocycles. The van der Waals surface area contributed by atoms with Crippen LogP contribution in [0.1, 0.15) is 49.1 Å². The number of aliphatic hydroxyl groups excluding tert-OH is 1. The van der Waals surface area contributed by atoms with Gasteiger partial charge in [0.2, 0.25) is 1.43 Å². The molecule has 1 aromatic heterocycles. The summed E-state index contributed by atoms with van der Waals surface area (Å²) in [6, 6.07) is 1.09. The Kier molecular flexibility index (Phi) is 12.1. The van der Waals surface area contributed by atoms with Gasteiger partial charge in [0.25, 0.3) is 19.3 Å². The number of hydrogen-bond donors (Lipinski definition) is 2. The minimum Gasteiger partial charge on any atom is -0.460 e. The van der Waals surface area contributed by atoms with Crippen molar-refractivity contribution in [1.82, 2.24) is 19.1 Å². The number of thiocarbonyl (C=S) groups is 1.